The predicted octanol–water partition coefficient (Wildman–Crippen LogP) is 2.55. The number of nitrogen functional groups attached to an aromatic ring is 1. The average molecular weight is 309 g/mol. The number of carbonyl (C=O) groups is 1. The van der Waals surface area contributed by atoms with Crippen LogP contribution in [0.15, 0.2) is 54.6 Å². The minimum atomic E-state index is 0.218. The van der Waals surface area contributed by atoms with Crippen LogP contribution in [-0.2, 0) is 11.2 Å². The second kappa shape index (κ2) is 7.18. The van der Waals surface area contributed by atoms with E-state index in [4.69, 9.17) is 5.73 Å². The number of rotatable bonds is 3. The molecule has 4 heteroatoms. The van der Waals surface area contributed by atoms with Gasteiger partial charge in [-0.05, 0) is 36.2 Å². The highest BCUT2D eigenvalue weighted by atomic mass is 16.2. The van der Waals surface area contributed by atoms with E-state index in [9.17, 15) is 4.79 Å². The van der Waals surface area contributed by atoms with Crippen LogP contribution in [0, 0.1) is 0 Å². The maximum absolute atomic E-state index is 12.5. The Hall–Kier alpha value is -2.49. The average Bonchev–Trinajstić information content (AvgIpc) is 2.83. The molecule has 23 heavy (non-hydrogen) atoms. The Balaban J connectivity index is 1.59. The van der Waals surface area contributed by atoms with Crippen molar-refractivity contribution in [1.82, 2.24) is 4.90 Å². The number of nitrogens with two attached hydrogens (primary N) is 1. The molecule has 4 nitrogen and oxygen atoms in total. The summed E-state index contributed by atoms with van der Waals surface area (Å²) < 4.78 is 0. The summed E-state index contributed by atoms with van der Waals surface area (Å²) in [5.41, 5.74) is 8.79. The summed E-state index contributed by atoms with van der Waals surface area (Å²) in [6.45, 7) is 3.44. The zero-order valence-electron chi connectivity index (χ0n) is 13.3. The Morgan fingerprint density at radius 1 is 0.913 bits per heavy atom. The molecule has 1 heterocycles. The van der Waals surface area contributed by atoms with Gasteiger partial charge in [-0.2, -0.15) is 0 Å². The molecule has 0 radical (unpaired) electrons. The van der Waals surface area contributed by atoms with Crippen LogP contribution in [-0.4, -0.2) is 37.0 Å². The van der Waals surface area contributed by atoms with Crippen LogP contribution in [0.1, 0.15) is 12.0 Å². The Labute approximate surface area is 137 Å². The predicted molar refractivity (Wildman–Crippen MR) is 94.4 cm³/mol. The molecule has 1 aliphatic rings. The molecule has 0 aromatic heterocycles. The standard InChI is InChI=1S/C19H23N3O/c20-17-7-9-18(10-8-17)21-11-4-12-22(14-13-21)19(23)15-16-5-2-1-3-6-16/h1-3,5-10H,4,11-15,20H2. The monoisotopic (exact) mass is 309 g/mol. The maximum atomic E-state index is 12.5. The molecule has 2 N–H and O–H groups in total. The number of hydrogen-bond acceptors (Lipinski definition) is 3. The van der Waals surface area contributed by atoms with Crippen LogP contribution in [0.5, 0.6) is 0 Å². The van der Waals surface area contributed by atoms with Crippen LogP contribution in [0.25, 0.3) is 0 Å². The van der Waals surface area contributed by atoms with Gasteiger partial charge in [-0.25, -0.2) is 0 Å². The van der Waals surface area contributed by atoms with Gasteiger partial charge < -0.3 is 15.5 Å². The molecule has 1 fully saturated rings. The van der Waals surface area contributed by atoms with Crippen LogP contribution in [0.3, 0.4) is 0 Å². The third-order valence-electron chi connectivity index (χ3n) is 4.31. The Kier molecular flexibility index (Phi) is 4.81. The Bertz CT molecular complexity index is 639. The van der Waals surface area contributed by atoms with Crippen LogP contribution < -0.4 is 10.6 Å². The van der Waals surface area contributed by atoms with Crippen LogP contribution in [0.2, 0.25) is 0 Å². The number of anilines is 2. The van der Waals surface area contributed by atoms with Gasteiger partial charge >= 0.3 is 0 Å². The lowest BCUT2D eigenvalue weighted by molar-refractivity contribution is -0.130. The largest absolute Gasteiger partial charge is 0.399 e. The van der Waals surface area contributed by atoms with Crippen LogP contribution in [0.4, 0.5) is 11.4 Å². The topological polar surface area (TPSA) is 49.6 Å². The highest BCUT2D eigenvalue weighted by Gasteiger charge is 2.19. The minimum absolute atomic E-state index is 0.218. The van der Waals surface area contributed by atoms with Gasteiger partial charge in [0.25, 0.3) is 0 Å². The number of nitrogens with zero attached hydrogens (tertiary/aromatic N) is 2. The van der Waals surface area contributed by atoms with E-state index >= 15 is 0 Å². The van der Waals surface area contributed by atoms with Gasteiger partial charge in [-0.1, -0.05) is 30.3 Å². The first kappa shape index (κ1) is 15.4. The fraction of sp³-hybridized carbons (Fsp3) is 0.316. The normalized spacial score (nSPS) is 15.3. The highest BCUT2D eigenvalue weighted by Crippen LogP contribution is 2.18. The fourth-order valence-corrected chi connectivity index (χ4v) is 2.99. The van der Waals surface area contributed by atoms with Gasteiger partial charge in [-0.3, -0.25) is 4.79 Å². The highest BCUT2D eigenvalue weighted by molar-refractivity contribution is 5.78. The van der Waals surface area contributed by atoms with Crippen molar-refractivity contribution in [2.24, 2.45) is 0 Å². The summed E-state index contributed by atoms with van der Waals surface area (Å²) in [4.78, 5) is 16.8. The molecule has 0 aliphatic carbocycles. The lowest BCUT2D eigenvalue weighted by Crippen LogP contribution is -2.36. The molecule has 0 spiro atoms. The van der Waals surface area contributed by atoms with E-state index in [1.165, 1.54) is 5.69 Å². The molecule has 0 unspecified atom stereocenters. The maximum Gasteiger partial charge on any atom is 0.227 e. The van der Waals surface area contributed by atoms with Crippen molar-refractivity contribution in [3.63, 3.8) is 0 Å². The molecular weight excluding hydrogens is 286 g/mol. The third kappa shape index (κ3) is 4.03. The Morgan fingerprint density at radius 3 is 2.39 bits per heavy atom. The third-order valence-corrected chi connectivity index (χ3v) is 4.31. The van der Waals surface area contributed by atoms with Crippen molar-refractivity contribution in [3.05, 3.63) is 60.2 Å². The van der Waals surface area contributed by atoms with Crippen molar-refractivity contribution in [1.29, 1.82) is 0 Å². The first-order valence-corrected chi connectivity index (χ1v) is 8.14. The van der Waals surface area contributed by atoms with Gasteiger partial charge in [0.2, 0.25) is 5.91 Å². The second-order valence-corrected chi connectivity index (χ2v) is 5.98. The first-order chi connectivity index (χ1) is 11.2. The van der Waals surface area contributed by atoms with Crippen molar-refractivity contribution in [2.45, 2.75) is 12.8 Å². The summed E-state index contributed by atoms with van der Waals surface area (Å²) in [7, 11) is 0. The number of hydrogen-bond donors (Lipinski definition) is 1. The summed E-state index contributed by atoms with van der Waals surface area (Å²) in [5, 5.41) is 0. The zero-order chi connectivity index (χ0) is 16.1. The van der Waals surface area contributed by atoms with E-state index in [0.29, 0.717) is 6.42 Å². The van der Waals surface area contributed by atoms with E-state index < -0.39 is 0 Å². The van der Waals surface area contributed by atoms with E-state index in [1.807, 2.05) is 47.4 Å². The molecule has 2 aromatic rings. The molecule has 120 valence electrons. The number of carbonyl (C=O) groups excluding carboxylic acids is 1. The fourth-order valence-electron chi connectivity index (χ4n) is 2.99. The molecule has 1 saturated heterocycles. The summed E-state index contributed by atoms with van der Waals surface area (Å²) >= 11 is 0. The minimum Gasteiger partial charge on any atom is -0.399 e. The SMILES string of the molecule is Nc1ccc(N2CCCN(C(=O)Cc3ccccc3)CC2)cc1. The summed E-state index contributed by atoms with van der Waals surface area (Å²) in [6.07, 6.45) is 1.48. The molecule has 1 aliphatic heterocycles. The van der Waals surface area contributed by atoms with Crippen molar-refractivity contribution >= 4 is 17.3 Å². The quantitative estimate of drug-likeness (QED) is 0.887. The van der Waals surface area contributed by atoms with Gasteiger partial charge in [0, 0.05) is 37.6 Å². The van der Waals surface area contributed by atoms with Crippen molar-refractivity contribution in [2.75, 3.05) is 36.8 Å². The molecule has 0 saturated carbocycles. The summed E-state index contributed by atoms with van der Waals surface area (Å²) in [6, 6.07) is 17.9. The molecule has 2 aromatic carbocycles. The van der Waals surface area contributed by atoms with E-state index in [0.717, 1.165) is 43.9 Å². The van der Waals surface area contributed by atoms with Gasteiger partial charge in [-0.15, -0.1) is 0 Å². The van der Waals surface area contributed by atoms with Gasteiger partial charge in [0.05, 0.1) is 6.42 Å². The van der Waals surface area contributed by atoms with Gasteiger partial charge in [0.15, 0.2) is 0 Å². The smallest absolute Gasteiger partial charge is 0.227 e. The first-order valence-electron chi connectivity index (χ1n) is 8.14. The Morgan fingerprint density at radius 2 is 1.65 bits per heavy atom. The van der Waals surface area contributed by atoms with Gasteiger partial charge in [0.1, 0.15) is 0 Å². The van der Waals surface area contributed by atoms with E-state index in [-0.39, 0.29) is 5.91 Å². The molecule has 0 atom stereocenters. The number of benzene rings is 2. The lowest BCUT2D eigenvalue weighted by Gasteiger charge is -2.24. The van der Waals surface area contributed by atoms with E-state index in [1.54, 1.807) is 0 Å². The molecule has 0 bridgehead atoms. The zero-order valence-corrected chi connectivity index (χ0v) is 13.3. The summed E-state index contributed by atoms with van der Waals surface area (Å²) in [5.74, 6) is 0.218. The number of amides is 1. The second-order valence-electron chi connectivity index (χ2n) is 5.98. The molecular formula is C19H23N3O. The molecule has 1 amide bonds. The van der Waals surface area contributed by atoms with Crippen molar-refractivity contribution < 1.29 is 4.79 Å². The van der Waals surface area contributed by atoms with Crippen LogP contribution >= 0.6 is 0 Å². The molecule has 3 rings (SSSR count). The lowest BCUT2D eigenvalue weighted by atomic mass is 10.1. The van der Waals surface area contributed by atoms with E-state index in [2.05, 4.69) is 17.0 Å². The van der Waals surface area contributed by atoms with Crippen molar-refractivity contribution in [3.8, 4) is 0 Å².